The van der Waals surface area contributed by atoms with Gasteiger partial charge in [-0.15, -0.1) is 11.3 Å². The summed E-state index contributed by atoms with van der Waals surface area (Å²) < 4.78 is 0.721. The highest BCUT2D eigenvalue weighted by Gasteiger charge is 2.37. The molecule has 0 aliphatic carbocycles. The van der Waals surface area contributed by atoms with Gasteiger partial charge in [-0.25, -0.2) is 0 Å². The van der Waals surface area contributed by atoms with Gasteiger partial charge in [-0.1, -0.05) is 30.3 Å². The van der Waals surface area contributed by atoms with Gasteiger partial charge in [0.05, 0.1) is 10.7 Å². The monoisotopic (exact) mass is 364 g/mol. The van der Waals surface area contributed by atoms with Crippen LogP contribution in [0.25, 0.3) is 10.1 Å². The van der Waals surface area contributed by atoms with Crippen LogP contribution in [-0.4, -0.2) is 27.8 Å². The lowest BCUT2D eigenvalue weighted by Crippen LogP contribution is -2.30. The fourth-order valence-corrected chi connectivity index (χ4v) is 4.03. The van der Waals surface area contributed by atoms with E-state index in [1.807, 2.05) is 47.8 Å². The molecule has 0 radical (unpaired) electrons. The Morgan fingerprint density at radius 1 is 1.19 bits per heavy atom. The van der Waals surface area contributed by atoms with Crippen LogP contribution in [0.5, 0.6) is 0 Å². The van der Waals surface area contributed by atoms with Gasteiger partial charge in [-0.3, -0.25) is 14.6 Å². The van der Waals surface area contributed by atoms with E-state index >= 15 is 0 Å². The molecule has 1 atom stereocenters. The van der Waals surface area contributed by atoms with E-state index in [0.717, 1.165) is 15.6 Å². The Morgan fingerprint density at radius 2 is 2.00 bits per heavy atom. The Labute approximate surface area is 154 Å². The average Bonchev–Trinajstić information content (AvgIpc) is 3.24. The summed E-state index contributed by atoms with van der Waals surface area (Å²) in [6.07, 6.45) is 2.75. The topological polar surface area (TPSA) is 79.3 Å². The Morgan fingerprint density at radius 3 is 2.81 bits per heavy atom. The number of Topliss-reactive ketones (excluding diaryl/α,β-unsaturated/α-hetero) is 1. The summed E-state index contributed by atoms with van der Waals surface area (Å²) in [6, 6.07) is 13.0. The standard InChI is InChI=1S/C20H16N2O3S/c23-17-14(7-6-12-4-2-1-3-5-12)22-20(25)15(17)18(24)16-19-13(8-10-21-16)9-11-26-19/h1-5,8-11,14,23H,6-7H2,(H,22,25). The van der Waals surface area contributed by atoms with E-state index < -0.39 is 17.7 Å². The third-order valence-electron chi connectivity index (χ3n) is 4.49. The number of aryl methyl sites for hydroxylation is 1. The number of rotatable bonds is 5. The molecule has 1 aliphatic rings. The Bertz CT molecular complexity index is 1020. The van der Waals surface area contributed by atoms with Crippen molar-refractivity contribution in [3.8, 4) is 0 Å². The van der Waals surface area contributed by atoms with Crippen LogP contribution in [0, 0.1) is 0 Å². The molecular weight excluding hydrogens is 348 g/mol. The minimum Gasteiger partial charge on any atom is -0.509 e. The first-order chi connectivity index (χ1) is 12.6. The van der Waals surface area contributed by atoms with E-state index in [1.54, 1.807) is 6.20 Å². The fourth-order valence-electron chi connectivity index (χ4n) is 3.15. The molecule has 0 saturated carbocycles. The number of hydrogen-bond donors (Lipinski definition) is 2. The fraction of sp³-hybridized carbons (Fsp3) is 0.150. The summed E-state index contributed by atoms with van der Waals surface area (Å²) in [5, 5.41) is 16.0. The van der Waals surface area contributed by atoms with Gasteiger partial charge >= 0.3 is 0 Å². The zero-order chi connectivity index (χ0) is 18.1. The second-order valence-corrected chi connectivity index (χ2v) is 7.05. The summed E-state index contributed by atoms with van der Waals surface area (Å²) in [6.45, 7) is 0. The van der Waals surface area contributed by atoms with Gasteiger partial charge in [0.1, 0.15) is 17.0 Å². The molecule has 0 bridgehead atoms. The van der Waals surface area contributed by atoms with Crippen molar-refractivity contribution in [1.29, 1.82) is 0 Å². The lowest BCUT2D eigenvalue weighted by atomic mass is 10.0. The number of hydrogen-bond acceptors (Lipinski definition) is 5. The smallest absolute Gasteiger partial charge is 0.259 e. The number of ketones is 1. The van der Waals surface area contributed by atoms with Crippen LogP contribution < -0.4 is 5.32 Å². The lowest BCUT2D eigenvalue weighted by molar-refractivity contribution is -0.116. The van der Waals surface area contributed by atoms with Gasteiger partial charge in [-0.2, -0.15) is 0 Å². The predicted molar refractivity (Wildman–Crippen MR) is 100 cm³/mol. The number of carbonyl (C=O) groups excluding carboxylic acids is 2. The van der Waals surface area contributed by atoms with Crippen molar-refractivity contribution in [3.05, 3.63) is 76.6 Å². The van der Waals surface area contributed by atoms with E-state index in [0.29, 0.717) is 12.8 Å². The van der Waals surface area contributed by atoms with Crippen molar-refractivity contribution in [2.45, 2.75) is 18.9 Å². The van der Waals surface area contributed by atoms with Crippen LogP contribution in [0.3, 0.4) is 0 Å². The van der Waals surface area contributed by atoms with Gasteiger partial charge in [0.15, 0.2) is 0 Å². The van der Waals surface area contributed by atoms with E-state index in [9.17, 15) is 14.7 Å². The molecule has 2 aromatic heterocycles. The van der Waals surface area contributed by atoms with Crippen molar-refractivity contribution >= 4 is 33.1 Å². The maximum Gasteiger partial charge on any atom is 0.259 e. The second-order valence-electron chi connectivity index (χ2n) is 6.14. The molecule has 3 heterocycles. The summed E-state index contributed by atoms with van der Waals surface area (Å²) in [5.74, 6) is -1.26. The van der Waals surface area contributed by atoms with E-state index in [-0.39, 0.29) is 17.0 Å². The summed E-state index contributed by atoms with van der Waals surface area (Å²) in [5.41, 5.74) is 1.12. The van der Waals surface area contributed by atoms with Crippen molar-refractivity contribution in [3.63, 3.8) is 0 Å². The van der Waals surface area contributed by atoms with E-state index in [2.05, 4.69) is 10.3 Å². The number of benzene rings is 1. The average molecular weight is 364 g/mol. The highest BCUT2D eigenvalue weighted by atomic mass is 32.1. The molecule has 26 heavy (non-hydrogen) atoms. The molecular formula is C20H16N2O3S. The number of pyridine rings is 1. The summed E-state index contributed by atoms with van der Waals surface area (Å²) in [4.78, 5) is 29.3. The predicted octanol–water partition coefficient (Wildman–Crippen LogP) is 3.42. The second kappa shape index (κ2) is 6.72. The number of aliphatic hydroxyl groups is 1. The molecule has 0 saturated heterocycles. The zero-order valence-electron chi connectivity index (χ0n) is 13.8. The third-order valence-corrected chi connectivity index (χ3v) is 5.43. The van der Waals surface area contributed by atoms with Crippen LogP contribution in [0.1, 0.15) is 22.5 Å². The van der Waals surface area contributed by atoms with E-state index in [4.69, 9.17) is 0 Å². The van der Waals surface area contributed by atoms with Crippen LogP contribution >= 0.6 is 11.3 Å². The number of carbonyl (C=O) groups is 2. The molecule has 4 rings (SSSR count). The molecule has 1 aliphatic heterocycles. The number of nitrogens with one attached hydrogen (secondary N) is 1. The number of aromatic nitrogens is 1. The molecule has 2 N–H and O–H groups in total. The van der Waals surface area contributed by atoms with Crippen LogP contribution in [0.2, 0.25) is 0 Å². The summed E-state index contributed by atoms with van der Waals surface area (Å²) in [7, 11) is 0. The van der Waals surface area contributed by atoms with Crippen LogP contribution in [0.4, 0.5) is 0 Å². The first-order valence-electron chi connectivity index (χ1n) is 8.30. The van der Waals surface area contributed by atoms with Gasteiger partial charge in [0.25, 0.3) is 5.91 Å². The maximum absolute atomic E-state index is 12.9. The molecule has 1 amide bonds. The van der Waals surface area contributed by atoms with Crippen LogP contribution in [0.15, 0.2) is 65.4 Å². The molecule has 1 unspecified atom stereocenters. The molecule has 6 heteroatoms. The minimum absolute atomic E-state index is 0.189. The normalized spacial score (nSPS) is 16.9. The van der Waals surface area contributed by atoms with Crippen molar-refractivity contribution in [2.24, 2.45) is 0 Å². The van der Waals surface area contributed by atoms with Gasteiger partial charge in [-0.05, 0) is 41.3 Å². The molecule has 0 fully saturated rings. The Balaban J connectivity index is 1.60. The van der Waals surface area contributed by atoms with Crippen molar-refractivity contribution in [1.82, 2.24) is 10.3 Å². The number of aliphatic hydroxyl groups excluding tert-OH is 1. The molecule has 3 aromatic rings. The third kappa shape index (κ3) is 2.88. The maximum atomic E-state index is 12.9. The molecule has 1 aromatic carbocycles. The van der Waals surface area contributed by atoms with Crippen molar-refractivity contribution in [2.75, 3.05) is 0 Å². The SMILES string of the molecule is O=C1NC(CCc2ccccc2)C(O)=C1C(=O)c1nccc2ccsc12. The lowest BCUT2D eigenvalue weighted by Gasteiger charge is -2.10. The highest BCUT2D eigenvalue weighted by molar-refractivity contribution is 7.17. The zero-order valence-corrected chi connectivity index (χ0v) is 14.6. The first-order valence-corrected chi connectivity index (χ1v) is 9.18. The molecule has 0 spiro atoms. The largest absolute Gasteiger partial charge is 0.509 e. The van der Waals surface area contributed by atoms with Crippen molar-refractivity contribution < 1.29 is 14.7 Å². The number of thiophene rings is 1. The quantitative estimate of drug-likeness (QED) is 0.537. The first kappa shape index (κ1) is 16.5. The van der Waals surface area contributed by atoms with Gasteiger partial charge < -0.3 is 10.4 Å². The van der Waals surface area contributed by atoms with Gasteiger partial charge in [0.2, 0.25) is 5.78 Å². The number of amides is 1. The highest BCUT2D eigenvalue weighted by Crippen LogP contribution is 2.28. The molecule has 130 valence electrons. The Hall–Kier alpha value is -2.99. The minimum atomic E-state index is -0.552. The molecule has 5 nitrogen and oxygen atoms in total. The number of fused-ring (bicyclic) bond motifs is 1. The summed E-state index contributed by atoms with van der Waals surface area (Å²) >= 11 is 1.39. The van der Waals surface area contributed by atoms with Crippen LogP contribution in [-0.2, 0) is 11.2 Å². The van der Waals surface area contributed by atoms with Gasteiger partial charge in [0, 0.05) is 6.20 Å². The number of nitrogens with zero attached hydrogens (tertiary/aromatic N) is 1. The van der Waals surface area contributed by atoms with E-state index in [1.165, 1.54) is 11.3 Å². The Kier molecular flexibility index (Phi) is 4.26.